The summed E-state index contributed by atoms with van der Waals surface area (Å²) >= 11 is 0. The highest BCUT2D eigenvalue weighted by Gasteiger charge is 2.43. The van der Waals surface area contributed by atoms with Gasteiger partial charge in [0.25, 0.3) is 0 Å². The van der Waals surface area contributed by atoms with Crippen molar-refractivity contribution in [2.45, 2.75) is 43.9 Å². The number of hydrogen-bond acceptors (Lipinski definition) is 2. The van der Waals surface area contributed by atoms with Crippen LogP contribution in [0.5, 0.6) is 0 Å². The molecule has 2 bridgehead atoms. The molecule has 2 saturated heterocycles. The van der Waals surface area contributed by atoms with E-state index in [1.54, 1.807) is 0 Å². The second kappa shape index (κ2) is 4.19. The second-order valence-electron chi connectivity index (χ2n) is 5.17. The Kier molecular flexibility index (Phi) is 2.70. The lowest BCUT2D eigenvalue weighted by Crippen LogP contribution is -2.39. The van der Waals surface area contributed by atoms with E-state index in [-0.39, 0.29) is 0 Å². The summed E-state index contributed by atoms with van der Waals surface area (Å²) in [4.78, 5) is 2.57. The Labute approximate surface area is 97.6 Å². The topological polar surface area (TPSA) is 15.3 Å². The van der Waals surface area contributed by atoms with E-state index in [4.69, 9.17) is 0 Å². The molecule has 0 aromatic heterocycles. The number of benzene rings is 1. The minimum Gasteiger partial charge on any atom is -0.308 e. The summed E-state index contributed by atoms with van der Waals surface area (Å²) in [6.07, 6.45) is 4.13. The molecule has 86 valence electrons. The Morgan fingerprint density at radius 1 is 1.25 bits per heavy atom. The third kappa shape index (κ3) is 1.76. The molecule has 1 N–H and O–H groups in total. The SMILES string of the molecule is CN1[C@@H]2CC[C@H]1[C@H](NCc1ccccc1)C2. The van der Waals surface area contributed by atoms with Gasteiger partial charge in [-0.05, 0) is 31.9 Å². The van der Waals surface area contributed by atoms with Gasteiger partial charge in [0.05, 0.1) is 0 Å². The molecule has 0 amide bonds. The normalized spacial score (nSPS) is 33.4. The molecule has 0 radical (unpaired) electrons. The molecule has 2 nitrogen and oxygen atoms in total. The van der Waals surface area contributed by atoms with E-state index in [0.717, 1.165) is 18.6 Å². The summed E-state index contributed by atoms with van der Waals surface area (Å²) in [6, 6.07) is 13.0. The van der Waals surface area contributed by atoms with Crippen LogP contribution < -0.4 is 5.32 Å². The Bertz CT molecular complexity index is 349. The van der Waals surface area contributed by atoms with Crippen molar-refractivity contribution in [2.75, 3.05) is 7.05 Å². The van der Waals surface area contributed by atoms with Gasteiger partial charge >= 0.3 is 0 Å². The molecule has 2 aliphatic heterocycles. The number of nitrogens with zero attached hydrogens (tertiary/aromatic N) is 1. The van der Waals surface area contributed by atoms with Gasteiger partial charge in [0.1, 0.15) is 0 Å². The van der Waals surface area contributed by atoms with Crippen LogP contribution in [-0.4, -0.2) is 30.1 Å². The standard InChI is InChI=1S/C14H20N2/c1-16-12-7-8-14(16)13(9-12)15-10-11-5-3-2-4-6-11/h2-6,12-15H,7-10H2,1H3/t12-,13-,14+/m1/s1. The van der Waals surface area contributed by atoms with Crippen molar-refractivity contribution in [1.82, 2.24) is 10.2 Å². The highest BCUT2D eigenvalue weighted by Crippen LogP contribution is 2.36. The van der Waals surface area contributed by atoms with E-state index in [1.807, 2.05) is 0 Å². The lowest BCUT2D eigenvalue weighted by Gasteiger charge is -2.22. The quantitative estimate of drug-likeness (QED) is 0.831. The molecule has 0 saturated carbocycles. The Hall–Kier alpha value is -0.860. The van der Waals surface area contributed by atoms with E-state index in [9.17, 15) is 0 Å². The van der Waals surface area contributed by atoms with Gasteiger partial charge in [0, 0.05) is 24.7 Å². The van der Waals surface area contributed by atoms with Gasteiger partial charge in [-0.2, -0.15) is 0 Å². The van der Waals surface area contributed by atoms with Gasteiger partial charge < -0.3 is 5.32 Å². The zero-order chi connectivity index (χ0) is 11.0. The molecule has 3 rings (SSSR count). The largest absolute Gasteiger partial charge is 0.308 e. The molecule has 3 atom stereocenters. The summed E-state index contributed by atoms with van der Waals surface area (Å²) in [6.45, 7) is 1.02. The highest BCUT2D eigenvalue weighted by molar-refractivity contribution is 5.15. The van der Waals surface area contributed by atoms with Crippen LogP contribution in [0.4, 0.5) is 0 Å². The van der Waals surface area contributed by atoms with Crippen LogP contribution in [0.25, 0.3) is 0 Å². The van der Waals surface area contributed by atoms with Gasteiger partial charge in [-0.15, -0.1) is 0 Å². The molecular formula is C14H20N2. The molecule has 2 heteroatoms. The molecule has 16 heavy (non-hydrogen) atoms. The van der Waals surface area contributed by atoms with Crippen molar-refractivity contribution in [2.24, 2.45) is 0 Å². The fourth-order valence-electron chi connectivity index (χ4n) is 3.32. The van der Waals surface area contributed by atoms with Crippen molar-refractivity contribution in [3.8, 4) is 0 Å². The zero-order valence-electron chi connectivity index (χ0n) is 9.89. The average Bonchev–Trinajstić information content (AvgIpc) is 2.84. The van der Waals surface area contributed by atoms with E-state index in [0.29, 0.717) is 6.04 Å². The van der Waals surface area contributed by atoms with E-state index >= 15 is 0 Å². The van der Waals surface area contributed by atoms with E-state index in [1.165, 1.54) is 24.8 Å². The highest BCUT2D eigenvalue weighted by atomic mass is 15.2. The number of hydrogen-bond donors (Lipinski definition) is 1. The lowest BCUT2D eigenvalue weighted by atomic mass is 9.95. The number of fused-ring (bicyclic) bond motifs is 2. The first-order valence-electron chi connectivity index (χ1n) is 6.34. The predicted octanol–water partition coefficient (Wildman–Crippen LogP) is 2.01. The maximum Gasteiger partial charge on any atom is 0.0250 e. The van der Waals surface area contributed by atoms with Gasteiger partial charge in [-0.1, -0.05) is 30.3 Å². The van der Waals surface area contributed by atoms with Crippen LogP contribution in [0.15, 0.2) is 30.3 Å². The van der Waals surface area contributed by atoms with Gasteiger partial charge in [-0.3, -0.25) is 4.90 Å². The Morgan fingerprint density at radius 2 is 2.06 bits per heavy atom. The molecule has 2 heterocycles. The molecule has 0 spiro atoms. The van der Waals surface area contributed by atoms with Crippen molar-refractivity contribution in [3.05, 3.63) is 35.9 Å². The first kappa shape index (κ1) is 10.3. The minimum absolute atomic E-state index is 0.712. The molecule has 1 aromatic rings. The Morgan fingerprint density at radius 3 is 2.69 bits per heavy atom. The van der Waals surface area contributed by atoms with Crippen molar-refractivity contribution in [1.29, 1.82) is 0 Å². The molecule has 1 aromatic carbocycles. The number of rotatable bonds is 3. The van der Waals surface area contributed by atoms with Gasteiger partial charge in [-0.25, -0.2) is 0 Å². The van der Waals surface area contributed by atoms with Crippen LogP contribution >= 0.6 is 0 Å². The summed E-state index contributed by atoms with van der Waals surface area (Å²) in [7, 11) is 2.28. The number of likely N-dealkylation sites (N-methyl/N-ethyl adjacent to an activating group) is 1. The summed E-state index contributed by atoms with van der Waals surface area (Å²) in [5.74, 6) is 0. The minimum atomic E-state index is 0.712. The van der Waals surface area contributed by atoms with Crippen molar-refractivity contribution < 1.29 is 0 Å². The second-order valence-corrected chi connectivity index (χ2v) is 5.17. The van der Waals surface area contributed by atoms with E-state index < -0.39 is 0 Å². The fraction of sp³-hybridized carbons (Fsp3) is 0.571. The maximum atomic E-state index is 3.72. The van der Waals surface area contributed by atoms with Crippen LogP contribution in [0.2, 0.25) is 0 Å². The first-order chi connectivity index (χ1) is 7.84. The Balaban J connectivity index is 1.57. The molecule has 2 aliphatic rings. The number of nitrogens with one attached hydrogen (secondary N) is 1. The van der Waals surface area contributed by atoms with Gasteiger partial charge in [0.15, 0.2) is 0 Å². The third-order valence-corrected chi connectivity index (χ3v) is 4.30. The van der Waals surface area contributed by atoms with Crippen molar-refractivity contribution >= 4 is 0 Å². The van der Waals surface area contributed by atoms with Crippen LogP contribution in [0, 0.1) is 0 Å². The van der Waals surface area contributed by atoms with Gasteiger partial charge in [0.2, 0.25) is 0 Å². The molecule has 0 aliphatic carbocycles. The third-order valence-electron chi connectivity index (χ3n) is 4.30. The molecule has 0 unspecified atom stereocenters. The van der Waals surface area contributed by atoms with E-state index in [2.05, 4.69) is 47.6 Å². The predicted molar refractivity (Wildman–Crippen MR) is 66.3 cm³/mol. The monoisotopic (exact) mass is 216 g/mol. The maximum absolute atomic E-state index is 3.72. The fourth-order valence-corrected chi connectivity index (χ4v) is 3.32. The smallest absolute Gasteiger partial charge is 0.0250 e. The lowest BCUT2D eigenvalue weighted by molar-refractivity contribution is 0.296. The summed E-state index contributed by atoms with van der Waals surface area (Å²) in [5.41, 5.74) is 1.40. The summed E-state index contributed by atoms with van der Waals surface area (Å²) in [5, 5.41) is 3.72. The zero-order valence-corrected chi connectivity index (χ0v) is 9.89. The van der Waals surface area contributed by atoms with Crippen LogP contribution in [-0.2, 0) is 6.54 Å². The summed E-state index contributed by atoms with van der Waals surface area (Å²) < 4.78 is 0. The first-order valence-corrected chi connectivity index (χ1v) is 6.34. The van der Waals surface area contributed by atoms with Crippen molar-refractivity contribution in [3.63, 3.8) is 0 Å². The van der Waals surface area contributed by atoms with Crippen LogP contribution in [0.1, 0.15) is 24.8 Å². The van der Waals surface area contributed by atoms with Crippen LogP contribution in [0.3, 0.4) is 0 Å². The average molecular weight is 216 g/mol. The molecular weight excluding hydrogens is 196 g/mol. The molecule has 2 fully saturated rings.